The lowest BCUT2D eigenvalue weighted by Crippen LogP contribution is -2.14. The first-order valence-electron chi connectivity index (χ1n) is 7.12. The van der Waals surface area contributed by atoms with Gasteiger partial charge in [0.15, 0.2) is 6.79 Å². The van der Waals surface area contributed by atoms with Crippen LogP contribution < -0.4 is 9.47 Å². The average Bonchev–Trinajstić information content (AvgIpc) is 2.59. The quantitative estimate of drug-likeness (QED) is 0.639. The highest BCUT2D eigenvalue weighted by Crippen LogP contribution is 2.33. The van der Waals surface area contributed by atoms with Crippen molar-refractivity contribution in [2.75, 3.05) is 6.79 Å². The highest BCUT2D eigenvalue weighted by atomic mass is 35.5. The van der Waals surface area contributed by atoms with Crippen LogP contribution in [0.3, 0.4) is 0 Å². The van der Waals surface area contributed by atoms with E-state index in [-0.39, 0.29) is 30.4 Å². The van der Waals surface area contributed by atoms with Crippen molar-refractivity contribution >= 4 is 23.3 Å². The van der Waals surface area contributed by atoms with Gasteiger partial charge in [-0.3, -0.25) is 10.1 Å². The summed E-state index contributed by atoms with van der Waals surface area (Å²) in [4.78, 5) is 21.5. The van der Waals surface area contributed by atoms with Crippen LogP contribution in [-0.2, 0) is 18.0 Å². The van der Waals surface area contributed by atoms with Gasteiger partial charge in [-0.15, -0.1) is 0 Å². The molecule has 0 spiro atoms. The molecule has 8 nitrogen and oxygen atoms in total. The molecule has 2 aromatic carbocycles. The number of nitro benzene ring substituents is 1. The lowest BCUT2D eigenvalue weighted by molar-refractivity contribution is -0.384. The molecule has 1 heterocycles. The summed E-state index contributed by atoms with van der Waals surface area (Å²) in [5.41, 5.74) is 0.764. The first kappa shape index (κ1) is 17.0. The van der Waals surface area contributed by atoms with Crippen LogP contribution in [0, 0.1) is 10.1 Å². The Morgan fingerprint density at radius 2 is 2.16 bits per heavy atom. The van der Waals surface area contributed by atoms with Crippen LogP contribution >= 0.6 is 11.6 Å². The molecule has 1 aliphatic rings. The van der Waals surface area contributed by atoms with Crippen molar-refractivity contribution in [2.45, 2.75) is 13.2 Å². The largest absolute Gasteiger partial charge is 0.488 e. The predicted molar refractivity (Wildman–Crippen MR) is 86.1 cm³/mol. The van der Waals surface area contributed by atoms with Crippen molar-refractivity contribution in [2.24, 2.45) is 0 Å². The normalized spacial score (nSPS) is 12.8. The Kier molecular flexibility index (Phi) is 4.73. The topological polar surface area (TPSA) is 108 Å². The number of hydrogen-bond donors (Lipinski definition) is 1. The van der Waals surface area contributed by atoms with E-state index in [1.807, 2.05) is 0 Å². The molecule has 3 rings (SSSR count). The van der Waals surface area contributed by atoms with Crippen LogP contribution in [0.15, 0.2) is 30.3 Å². The fraction of sp³-hybridized carbons (Fsp3) is 0.188. The summed E-state index contributed by atoms with van der Waals surface area (Å²) >= 11 is 6.07. The number of benzene rings is 2. The number of rotatable bonds is 5. The van der Waals surface area contributed by atoms with Gasteiger partial charge in [0.25, 0.3) is 5.69 Å². The standard InChI is InChI=1S/C16H12ClNO7/c17-11-3-9-6-23-8-25-15(9)10(4-11)7-24-14-2-1-12(18(21)22)5-13(14)16(19)20/h1-5H,6-8H2,(H,19,20). The maximum absolute atomic E-state index is 11.3. The summed E-state index contributed by atoms with van der Waals surface area (Å²) in [6.45, 7) is 0.432. The van der Waals surface area contributed by atoms with E-state index in [0.717, 1.165) is 11.6 Å². The fourth-order valence-electron chi connectivity index (χ4n) is 2.44. The zero-order valence-electron chi connectivity index (χ0n) is 12.7. The van der Waals surface area contributed by atoms with Gasteiger partial charge in [-0.05, 0) is 18.2 Å². The van der Waals surface area contributed by atoms with Gasteiger partial charge in [0.1, 0.15) is 23.7 Å². The highest BCUT2D eigenvalue weighted by Gasteiger charge is 2.20. The van der Waals surface area contributed by atoms with E-state index in [2.05, 4.69) is 0 Å². The summed E-state index contributed by atoms with van der Waals surface area (Å²) in [5.74, 6) is -0.732. The molecule has 0 saturated heterocycles. The number of fused-ring (bicyclic) bond motifs is 1. The van der Waals surface area contributed by atoms with Crippen molar-refractivity contribution in [3.63, 3.8) is 0 Å². The number of hydrogen-bond acceptors (Lipinski definition) is 6. The maximum Gasteiger partial charge on any atom is 0.339 e. The zero-order chi connectivity index (χ0) is 18.0. The SMILES string of the molecule is O=C(O)c1cc([N+](=O)[O-])ccc1OCc1cc(Cl)cc2c1OCOC2. The Morgan fingerprint density at radius 3 is 2.88 bits per heavy atom. The Morgan fingerprint density at radius 1 is 1.36 bits per heavy atom. The fourth-order valence-corrected chi connectivity index (χ4v) is 2.71. The zero-order valence-corrected chi connectivity index (χ0v) is 13.5. The molecular formula is C16H12ClNO7. The Hall–Kier alpha value is -2.84. The number of ether oxygens (including phenoxy) is 3. The van der Waals surface area contributed by atoms with Crippen LogP contribution in [0.25, 0.3) is 0 Å². The van der Waals surface area contributed by atoms with E-state index >= 15 is 0 Å². The second kappa shape index (κ2) is 6.96. The molecule has 0 atom stereocenters. The van der Waals surface area contributed by atoms with E-state index < -0.39 is 10.9 Å². The van der Waals surface area contributed by atoms with Crippen molar-refractivity contribution in [1.29, 1.82) is 0 Å². The first-order chi connectivity index (χ1) is 12.0. The van der Waals surface area contributed by atoms with Gasteiger partial charge >= 0.3 is 5.97 Å². The van der Waals surface area contributed by atoms with Crippen molar-refractivity contribution in [3.8, 4) is 11.5 Å². The lowest BCUT2D eigenvalue weighted by Gasteiger charge is -2.21. The number of halogens is 1. The minimum absolute atomic E-state index is 0.0129. The molecule has 130 valence electrons. The lowest BCUT2D eigenvalue weighted by atomic mass is 10.1. The molecule has 0 aliphatic carbocycles. The van der Waals surface area contributed by atoms with Crippen LogP contribution in [0.1, 0.15) is 21.5 Å². The summed E-state index contributed by atoms with van der Waals surface area (Å²) in [5, 5.41) is 20.5. The van der Waals surface area contributed by atoms with E-state index in [9.17, 15) is 20.0 Å². The second-order valence-electron chi connectivity index (χ2n) is 5.20. The van der Waals surface area contributed by atoms with E-state index in [0.29, 0.717) is 22.9 Å². The molecule has 25 heavy (non-hydrogen) atoms. The number of aromatic carboxylic acids is 1. The number of carboxylic acid groups (broad SMARTS) is 1. The Balaban J connectivity index is 1.88. The van der Waals surface area contributed by atoms with Crippen molar-refractivity contribution in [3.05, 3.63) is 62.2 Å². The number of carboxylic acids is 1. The van der Waals surface area contributed by atoms with Crippen LogP contribution in [-0.4, -0.2) is 22.8 Å². The number of nitrogens with zero attached hydrogens (tertiary/aromatic N) is 1. The minimum atomic E-state index is -1.32. The third-order valence-electron chi connectivity index (χ3n) is 3.54. The smallest absolute Gasteiger partial charge is 0.339 e. The van der Waals surface area contributed by atoms with Crippen molar-refractivity contribution in [1.82, 2.24) is 0 Å². The summed E-state index contributed by atoms with van der Waals surface area (Å²) in [7, 11) is 0. The predicted octanol–water partition coefficient (Wildman–Crippen LogP) is 3.39. The molecule has 0 amide bonds. The second-order valence-corrected chi connectivity index (χ2v) is 5.63. The van der Waals surface area contributed by atoms with Gasteiger partial charge in [0.05, 0.1) is 11.5 Å². The van der Waals surface area contributed by atoms with Gasteiger partial charge in [-0.1, -0.05) is 11.6 Å². The Labute approximate surface area is 146 Å². The van der Waals surface area contributed by atoms with Crippen LogP contribution in [0.5, 0.6) is 11.5 Å². The summed E-state index contributed by atoms with van der Waals surface area (Å²) in [6, 6.07) is 6.75. The number of non-ortho nitro benzene ring substituents is 1. The third kappa shape index (κ3) is 3.65. The number of nitro groups is 1. The molecule has 0 saturated carbocycles. The van der Waals surface area contributed by atoms with Crippen LogP contribution in [0.2, 0.25) is 5.02 Å². The maximum atomic E-state index is 11.3. The van der Waals surface area contributed by atoms with Gasteiger partial charge in [-0.25, -0.2) is 4.79 Å². The highest BCUT2D eigenvalue weighted by molar-refractivity contribution is 6.30. The molecule has 0 radical (unpaired) electrons. The first-order valence-corrected chi connectivity index (χ1v) is 7.50. The van der Waals surface area contributed by atoms with Gasteiger partial charge in [0.2, 0.25) is 0 Å². The summed E-state index contributed by atoms with van der Waals surface area (Å²) in [6.07, 6.45) is 0. The minimum Gasteiger partial charge on any atom is -0.488 e. The van der Waals surface area contributed by atoms with Crippen molar-refractivity contribution < 1.29 is 29.0 Å². The molecular weight excluding hydrogens is 354 g/mol. The van der Waals surface area contributed by atoms with E-state index in [4.69, 9.17) is 25.8 Å². The molecule has 0 aromatic heterocycles. The molecule has 0 fully saturated rings. The number of carbonyl (C=O) groups is 1. The summed E-state index contributed by atoms with van der Waals surface area (Å²) < 4.78 is 16.2. The van der Waals surface area contributed by atoms with Gasteiger partial charge in [-0.2, -0.15) is 0 Å². The van der Waals surface area contributed by atoms with Gasteiger partial charge in [0, 0.05) is 28.3 Å². The Bertz CT molecular complexity index is 853. The molecule has 1 aliphatic heterocycles. The van der Waals surface area contributed by atoms with E-state index in [1.165, 1.54) is 12.1 Å². The monoisotopic (exact) mass is 365 g/mol. The molecule has 2 aromatic rings. The molecule has 0 unspecified atom stereocenters. The molecule has 1 N–H and O–H groups in total. The molecule has 9 heteroatoms. The van der Waals surface area contributed by atoms with E-state index in [1.54, 1.807) is 12.1 Å². The molecule has 0 bridgehead atoms. The van der Waals surface area contributed by atoms with Crippen LogP contribution in [0.4, 0.5) is 5.69 Å². The third-order valence-corrected chi connectivity index (χ3v) is 3.76. The average molecular weight is 366 g/mol. The van der Waals surface area contributed by atoms with Gasteiger partial charge < -0.3 is 19.3 Å².